The van der Waals surface area contributed by atoms with Crippen molar-refractivity contribution in [3.63, 3.8) is 0 Å². The third-order valence-electron chi connectivity index (χ3n) is 3.96. The number of para-hydroxylation sites is 2. The SMILES string of the molecule is Cc1cnc(C(=O)N[C@@H]2CCN(c3ccccc3OC(F)F)C2)cn1. The maximum Gasteiger partial charge on any atom is 0.387 e. The highest BCUT2D eigenvalue weighted by molar-refractivity contribution is 5.92. The maximum atomic E-state index is 12.5. The highest BCUT2D eigenvalue weighted by Gasteiger charge is 2.27. The minimum absolute atomic E-state index is 0.102. The fraction of sp³-hybridized carbons (Fsp3) is 0.353. The molecule has 2 heterocycles. The third-order valence-corrected chi connectivity index (χ3v) is 3.96. The summed E-state index contributed by atoms with van der Waals surface area (Å²) in [5.41, 5.74) is 1.58. The van der Waals surface area contributed by atoms with Gasteiger partial charge in [0.2, 0.25) is 0 Å². The number of aryl methyl sites for hydroxylation is 1. The van der Waals surface area contributed by atoms with Gasteiger partial charge in [0.25, 0.3) is 5.91 Å². The number of hydrogen-bond acceptors (Lipinski definition) is 5. The molecule has 1 N–H and O–H groups in total. The Morgan fingerprint density at radius 2 is 2.12 bits per heavy atom. The first-order chi connectivity index (χ1) is 12.0. The van der Waals surface area contributed by atoms with Gasteiger partial charge in [-0.2, -0.15) is 8.78 Å². The van der Waals surface area contributed by atoms with E-state index in [-0.39, 0.29) is 23.4 Å². The Labute approximate surface area is 143 Å². The number of anilines is 1. The predicted octanol–water partition coefficient (Wildman–Crippen LogP) is 2.40. The van der Waals surface area contributed by atoms with Gasteiger partial charge in [0.15, 0.2) is 0 Å². The summed E-state index contributed by atoms with van der Waals surface area (Å²) in [4.78, 5) is 22.2. The fourth-order valence-corrected chi connectivity index (χ4v) is 2.78. The lowest BCUT2D eigenvalue weighted by atomic mass is 10.2. The van der Waals surface area contributed by atoms with Gasteiger partial charge in [0, 0.05) is 25.3 Å². The highest BCUT2D eigenvalue weighted by Crippen LogP contribution is 2.31. The Morgan fingerprint density at radius 3 is 2.84 bits per heavy atom. The molecule has 0 aliphatic carbocycles. The summed E-state index contributed by atoms with van der Waals surface area (Å²) in [6, 6.07) is 6.55. The van der Waals surface area contributed by atoms with Crippen molar-refractivity contribution in [1.29, 1.82) is 0 Å². The summed E-state index contributed by atoms with van der Waals surface area (Å²) >= 11 is 0. The van der Waals surface area contributed by atoms with Gasteiger partial charge in [0.05, 0.1) is 17.6 Å². The molecular weight excluding hydrogens is 330 g/mol. The fourth-order valence-electron chi connectivity index (χ4n) is 2.78. The molecule has 2 aromatic rings. The van der Waals surface area contributed by atoms with E-state index in [4.69, 9.17) is 0 Å². The van der Waals surface area contributed by atoms with E-state index in [1.165, 1.54) is 18.5 Å². The van der Waals surface area contributed by atoms with Gasteiger partial charge in [-0.1, -0.05) is 12.1 Å². The predicted molar refractivity (Wildman–Crippen MR) is 87.9 cm³/mol. The molecule has 1 aliphatic heterocycles. The Kier molecular flexibility index (Phi) is 5.06. The molecule has 1 aromatic heterocycles. The second-order valence-corrected chi connectivity index (χ2v) is 5.79. The number of amides is 1. The van der Waals surface area contributed by atoms with Gasteiger partial charge in [0.1, 0.15) is 11.4 Å². The van der Waals surface area contributed by atoms with Crippen molar-refractivity contribution in [2.75, 3.05) is 18.0 Å². The smallest absolute Gasteiger partial charge is 0.387 e. The number of hydrogen-bond donors (Lipinski definition) is 1. The quantitative estimate of drug-likeness (QED) is 0.899. The van der Waals surface area contributed by atoms with Gasteiger partial charge < -0.3 is 15.0 Å². The number of carbonyl (C=O) groups is 1. The van der Waals surface area contributed by atoms with Gasteiger partial charge in [-0.25, -0.2) is 4.98 Å². The Balaban J connectivity index is 1.64. The van der Waals surface area contributed by atoms with Crippen LogP contribution in [-0.2, 0) is 0 Å². The highest BCUT2D eigenvalue weighted by atomic mass is 19.3. The number of nitrogens with zero attached hydrogens (tertiary/aromatic N) is 3. The first kappa shape index (κ1) is 17.1. The molecule has 0 bridgehead atoms. The minimum Gasteiger partial charge on any atom is -0.433 e. The molecule has 6 nitrogen and oxygen atoms in total. The van der Waals surface area contributed by atoms with Gasteiger partial charge >= 0.3 is 6.61 Å². The van der Waals surface area contributed by atoms with Gasteiger partial charge in [-0.15, -0.1) is 0 Å². The van der Waals surface area contributed by atoms with Crippen molar-refractivity contribution >= 4 is 11.6 Å². The van der Waals surface area contributed by atoms with Crippen LogP contribution in [0.15, 0.2) is 36.7 Å². The number of benzene rings is 1. The molecule has 0 unspecified atom stereocenters. The standard InChI is InChI=1S/C17H18F2N4O2/c1-11-8-21-13(9-20-11)16(24)22-12-6-7-23(10-12)14-4-2-3-5-15(14)25-17(18)19/h2-5,8-9,12,17H,6-7,10H2,1H3,(H,22,24)/t12-/m1/s1. The lowest BCUT2D eigenvalue weighted by Crippen LogP contribution is -2.37. The lowest BCUT2D eigenvalue weighted by molar-refractivity contribution is -0.0495. The molecule has 1 fully saturated rings. The van der Waals surface area contributed by atoms with Crippen LogP contribution in [0.5, 0.6) is 5.75 Å². The van der Waals surface area contributed by atoms with Crippen LogP contribution in [0.2, 0.25) is 0 Å². The molecule has 1 saturated heterocycles. The Bertz CT molecular complexity index is 740. The van der Waals surface area contributed by atoms with Crippen molar-refractivity contribution in [2.45, 2.75) is 26.0 Å². The van der Waals surface area contributed by atoms with E-state index in [2.05, 4.69) is 20.0 Å². The van der Waals surface area contributed by atoms with Crippen molar-refractivity contribution in [3.8, 4) is 5.75 Å². The number of nitrogens with one attached hydrogen (secondary N) is 1. The number of ether oxygens (including phenoxy) is 1. The van der Waals surface area contributed by atoms with E-state index in [1.54, 1.807) is 25.1 Å². The first-order valence-electron chi connectivity index (χ1n) is 7.91. The summed E-state index contributed by atoms with van der Waals surface area (Å²) in [6.45, 7) is 0.0601. The third kappa shape index (κ3) is 4.20. The molecule has 1 aromatic carbocycles. The van der Waals surface area contributed by atoms with Crippen LogP contribution in [0.4, 0.5) is 14.5 Å². The van der Waals surface area contributed by atoms with E-state index in [0.29, 0.717) is 25.2 Å². The van der Waals surface area contributed by atoms with Crippen molar-refractivity contribution < 1.29 is 18.3 Å². The molecular formula is C17H18F2N4O2. The van der Waals surface area contributed by atoms with E-state index in [1.807, 2.05) is 4.90 Å². The zero-order valence-electron chi connectivity index (χ0n) is 13.7. The lowest BCUT2D eigenvalue weighted by Gasteiger charge is -2.22. The molecule has 1 amide bonds. The number of alkyl halides is 2. The number of aromatic nitrogens is 2. The topological polar surface area (TPSA) is 67.4 Å². The van der Waals surface area contributed by atoms with E-state index < -0.39 is 6.61 Å². The van der Waals surface area contributed by atoms with Crippen LogP contribution in [0.25, 0.3) is 0 Å². The summed E-state index contributed by atoms with van der Waals surface area (Å²) in [5.74, 6) is -0.162. The van der Waals surface area contributed by atoms with Crippen molar-refractivity contribution in [3.05, 3.63) is 48.0 Å². The van der Waals surface area contributed by atoms with Gasteiger partial charge in [-0.3, -0.25) is 9.78 Å². The van der Waals surface area contributed by atoms with E-state index >= 15 is 0 Å². The molecule has 132 valence electrons. The molecule has 8 heteroatoms. The second-order valence-electron chi connectivity index (χ2n) is 5.79. The molecule has 0 radical (unpaired) electrons. The molecule has 3 rings (SSSR count). The zero-order chi connectivity index (χ0) is 17.8. The van der Waals surface area contributed by atoms with Gasteiger partial charge in [-0.05, 0) is 25.5 Å². The summed E-state index contributed by atoms with van der Waals surface area (Å²) in [5, 5.41) is 2.90. The van der Waals surface area contributed by atoms with E-state index in [0.717, 1.165) is 5.69 Å². The van der Waals surface area contributed by atoms with Crippen LogP contribution in [0, 0.1) is 6.92 Å². The van der Waals surface area contributed by atoms with Crippen LogP contribution in [0.1, 0.15) is 22.6 Å². The number of carbonyl (C=O) groups excluding carboxylic acids is 1. The summed E-state index contributed by atoms with van der Waals surface area (Å²) in [7, 11) is 0. The average molecular weight is 348 g/mol. The maximum absolute atomic E-state index is 12.5. The minimum atomic E-state index is -2.88. The monoisotopic (exact) mass is 348 g/mol. The molecule has 1 atom stereocenters. The van der Waals surface area contributed by atoms with Crippen LogP contribution < -0.4 is 15.0 Å². The van der Waals surface area contributed by atoms with Crippen LogP contribution in [0.3, 0.4) is 0 Å². The molecule has 1 aliphatic rings. The molecule has 0 spiro atoms. The van der Waals surface area contributed by atoms with Crippen LogP contribution >= 0.6 is 0 Å². The number of halogens is 2. The normalized spacial score (nSPS) is 17.0. The largest absolute Gasteiger partial charge is 0.433 e. The zero-order valence-corrected chi connectivity index (χ0v) is 13.7. The summed E-state index contributed by atoms with van der Waals surface area (Å²) < 4.78 is 29.7. The van der Waals surface area contributed by atoms with Crippen molar-refractivity contribution in [2.24, 2.45) is 0 Å². The van der Waals surface area contributed by atoms with Crippen LogP contribution in [-0.4, -0.2) is 41.6 Å². The summed E-state index contributed by atoms with van der Waals surface area (Å²) in [6.07, 6.45) is 3.67. The Morgan fingerprint density at radius 1 is 1.32 bits per heavy atom. The Hall–Kier alpha value is -2.77. The van der Waals surface area contributed by atoms with Crippen molar-refractivity contribution in [1.82, 2.24) is 15.3 Å². The molecule has 25 heavy (non-hydrogen) atoms. The number of rotatable bonds is 5. The first-order valence-corrected chi connectivity index (χ1v) is 7.91. The average Bonchev–Trinajstić information content (AvgIpc) is 3.03. The molecule has 0 saturated carbocycles. The second kappa shape index (κ2) is 7.42. The van der Waals surface area contributed by atoms with E-state index in [9.17, 15) is 13.6 Å².